The van der Waals surface area contributed by atoms with Gasteiger partial charge in [0.2, 0.25) is 0 Å². The summed E-state index contributed by atoms with van der Waals surface area (Å²) < 4.78 is 42.2. The van der Waals surface area contributed by atoms with E-state index >= 15 is 0 Å². The Morgan fingerprint density at radius 3 is 2.84 bits per heavy atom. The number of halogens is 3. The fourth-order valence-electron chi connectivity index (χ4n) is 2.07. The summed E-state index contributed by atoms with van der Waals surface area (Å²) in [5, 5.41) is 15.1. The molecule has 0 amide bonds. The Morgan fingerprint density at radius 2 is 2.16 bits per heavy atom. The highest BCUT2D eigenvalue weighted by Crippen LogP contribution is 2.28. The largest absolute Gasteiger partial charge is 0.573 e. The summed E-state index contributed by atoms with van der Waals surface area (Å²) in [5.74, 6) is -1.40. The standard InChI is InChI=1S/C15H10F3N3O3S/c16-15(17,18)24-11-3-1-2-9(4-11)12-8-25-13(20-12)7-21-6-10(5-19-21)14(22)23/h1-6,8H,7H2,(H,22,23). The van der Waals surface area contributed by atoms with Crippen LogP contribution in [0, 0.1) is 0 Å². The molecule has 1 N–H and O–H groups in total. The molecule has 0 fully saturated rings. The Kier molecular flexibility index (Phi) is 4.45. The third-order valence-electron chi connectivity index (χ3n) is 3.09. The van der Waals surface area contributed by atoms with Crippen LogP contribution in [-0.2, 0) is 6.54 Å². The van der Waals surface area contributed by atoms with Crippen LogP contribution in [0.4, 0.5) is 13.2 Å². The topological polar surface area (TPSA) is 77.2 Å². The van der Waals surface area contributed by atoms with Crippen LogP contribution in [0.15, 0.2) is 42.0 Å². The minimum atomic E-state index is -4.76. The average molecular weight is 369 g/mol. The maximum absolute atomic E-state index is 12.3. The molecule has 2 heterocycles. The van der Waals surface area contributed by atoms with E-state index in [1.807, 2.05) is 0 Å². The van der Waals surface area contributed by atoms with Gasteiger partial charge in [0.15, 0.2) is 0 Å². The molecule has 3 aromatic rings. The molecule has 1 aromatic carbocycles. The highest BCUT2D eigenvalue weighted by atomic mass is 32.1. The number of nitrogens with zero attached hydrogens (tertiary/aromatic N) is 3. The van der Waals surface area contributed by atoms with E-state index in [4.69, 9.17) is 5.11 Å². The van der Waals surface area contributed by atoms with Crippen molar-refractivity contribution in [3.05, 3.63) is 52.6 Å². The summed E-state index contributed by atoms with van der Waals surface area (Å²) in [4.78, 5) is 15.2. The van der Waals surface area contributed by atoms with Crippen molar-refractivity contribution >= 4 is 17.3 Å². The molecule has 130 valence electrons. The molecule has 0 aliphatic heterocycles. The minimum absolute atomic E-state index is 0.0637. The summed E-state index contributed by atoms with van der Waals surface area (Å²) >= 11 is 1.29. The number of carbonyl (C=O) groups is 1. The molecular weight excluding hydrogens is 359 g/mol. The van der Waals surface area contributed by atoms with Crippen molar-refractivity contribution < 1.29 is 27.8 Å². The lowest BCUT2D eigenvalue weighted by Gasteiger charge is -2.09. The van der Waals surface area contributed by atoms with Gasteiger partial charge in [0, 0.05) is 17.1 Å². The van der Waals surface area contributed by atoms with Gasteiger partial charge in [0.05, 0.1) is 24.0 Å². The van der Waals surface area contributed by atoms with Gasteiger partial charge in [-0.2, -0.15) is 5.10 Å². The third kappa shape index (κ3) is 4.35. The lowest BCUT2D eigenvalue weighted by atomic mass is 10.2. The van der Waals surface area contributed by atoms with Crippen molar-refractivity contribution in [2.45, 2.75) is 12.9 Å². The summed E-state index contributed by atoms with van der Waals surface area (Å²) in [6, 6.07) is 5.53. The molecule has 0 unspecified atom stereocenters. The second-order valence-electron chi connectivity index (χ2n) is 4.93. The van der Waals surface area contributed by atoms with E-state index in [-0.39, 0.29) is 17.9 Å². The lowest BCUT2D eigenvalue weighted by Crippen LogP contribution is -2.17. The average Bonchev–Trinajstić information content (AvgIpc) is 3.16. The zero-order valence-corrected chi connectivity index (χ0v) is 13.2. The number of carboxylic acids is 1. The van der Waals surface area contributed by atoms with Gasteiger partial charge in [-0.1, -0.05) is 12.1 Å². The number of aromatic carboxylic acids is 1. The Labute approximate surface area is 143 Å². The van der Waals surface area contributed by atoms with E-state index in [0.717, 1.165) is 0 Å². The van der Waals surface area contributed by atoms with E-state index in [1.165, 1.54) is 46.6 Å². The molecule has 0 saturated carbocycles. The van der Waals surface area contributed by atoms with E-state index in [2.05, 4.69) is 14.8 Å². The van der Waals surface area contributed by atoms with Gasteiger partial charge in [-0.3, -0.25) is 4.68 Å². The maximum atomic E-state index is 12.3. The maximum Gasteiger partial charge on any atom is 0.573 e. The van der Waals surface area contributed by atoms with Crippen molar-refractivity contribution in [2.24, 2.45) is 0 Å². The number of hydrogen-bond donors (Lipinski definition) is 1. The summed E-state index contributed by atoms with van der Waals surface area (Å²) in [6.45, 7) is 0.261. The molecule has 25 heavy (non-hydrogen) atoms. The summed E-state index contributed by atoms with van der Waals surface area (Å²) in [6.07, 6.45) is -2.15. The van der Waals surface area contributed by atoms with Crippen molar-refractivity contribution in [2.75, 3.05) is 0 Å². The second-order valence-corrected chi connectivity index (χ2v) is 5.88. The number of benzene rings is 1. The Bertz CT molecular complexity index is 905. The molecule has 0 atom stereocenters. The number of hydrogen-bond acceptors (Lipinski definition) is 5. The molecule has 0 aliphatic carbocycles. The first-order valence-electron chi connectivity index (χ1n) is 6.86. The predicted molar refractivity (Wildman–Crippen MR) is 82.5 cm³/mol. The molecule has 0 aliphatic rings. The quantitative estimate of drug-likeness (QED) is 0.743. The highest BCUT2D eigenvalue weighted by molar-refractivity contribution is 7.09. The van der Waals surface area contributed by atoms with Crippen molar-refractivity contribution in [3.8, 4) is 17.0 Å². The Balaban J connectivity index is 1.76. The molecule has 0 radical (unpaired) electrons. The number of rotatable bonds is 5. The smallest absolute Gasteiger partial charge is 0.478 e. The summed E-state index contributed by atoms with van der Waals surface area (Å²) in [5.41, 5.74) is 1.04. The van der Waals surface area contributed by atoms with Crippen LogP contribution >= 0.6 is 11.3 Å². The van der Waals surface area contributed by atoms with Crippen LogP contribution in [0.1, 0.15) is 15.4 Å². The molecule has 0 bridgehead atoms. The van der Waals surface area contributed by atoms with Crippen LogP contribution in [0.2, 0.25) is 0 Å². The SMILES string of the molecule is O=C(O)c1cnn(Cc2nc(-c3cccc(OC(F)(F)F)c3)cs2)c1. The number of carboxylic acid groups (broad SMARTS) is 1. The van der Waals surface area contributed by atoms with Crippen molar-refractivity contribution in [1.82, 2.24) is 14.8 Å². The van der Waals surface area contributed by atoms with E-state index in [0.29, 0.717) is 16.3 Å². The van der Waals surface area contributed by atoms with E-state index in [1.54, 1.807) is 11.4 Å². The van der Waals surface area contributed by atoms with Gasteiger partial charge >= 0.3 is 12.3 Å². The fraction of sp³-hybridized carbons (Fsp3) is 0.133. The fourth-order valence-corrected chi connectivity index (χ4v) is 2.86. The van der Waals surface area contributed by atoms with Gasteiger partial charge in [-0.05, 0) is 12.1 Å². The second kappa shape index (κ2) is 6.55. The Hall–Kier alpha value is -2.88. The first kappa shape index (κ1) is 17.0. The minimum Gasteiger partial charge on any atom is -0.478 e. The van der Waals surface area contributed by atoms with Crippen LogP contribution < -0.4 is 4.74 Å². The number of alkyl halides is 3. The monoisotopic (exact) mass is 369 g/mol. The normalized spacial score (nSPS) is 11.5. The molecule has 3 rings (SSSR count). The van der Waals surface area contributed by atoms with Crippen LogP contribution in [-0.4, -0.2) is 32.2 Å². The number of ether oxygens (including phenoxy) is 1. The molecule has 0 spiro atoms. The zero-order valence-electron chi connectivity index (χ0n) is 12.4. The van der Waals surface area contributed by atoms with Gasteiger partial charge < -0.3 is 9.84 Å². The molecule has 10 heteroatoms. The van der Waals surface area contributed by atoms with Crippen molar-refractivity contribution in [3.63, 3.8) is 0 Å². The van der Waals surface area contributed by atoms with Crippen LogP contribution in [0.3, 0.4) is 0 Å². The first-order valence-corrected chi connectivity index (χ1v) is 7.74. The van der Waals surface area contributed by atoms with Crippen LogP contribution in [0.5, 0.6) is 5.75 Å². The van der Waals surface area contributed by atoms with E-state index in [9.17, 15) is 18.0 Å². The number of thiazole rings is 1. The predicted octanol–water partition coefficient (Wildman–Crippen LogP) is 3.65. The van der Waals surface area contributed by atoms with Gasteiger partial charge in [0.25, 0.3) is 0 Å². The summed E-state index contributed by atoms with van der Waals surface area (Å²) in [7, 11) is 0. The Morgan fingerprint density at radius 1 is 1.36 bits per heavy atom. The molecular formula is C15H10F3N3O3S. The first-order chi connectivity index (χ1) is 11.8. The van der Waals surface area contributed by atoms with Gasteiger partial charge in [-0.15, -0.1) is 24.5 Å². The van der Waals surface area contributed by atoms with Gasteiger partial charge in [0.1, 0.15) is 10.8 Å². The molecule has 2 aromatic heterocycles. The lowest BCUT2D eigenvalue weighted by molar-refractivity contribution is -0.274. The highest BCUT2D eigenvalue weighted by Gasteiger charge is 2.31. The molecule has 6 nitrogen and oxygen atoms in total. The molecule has 0 saturated heterocycles. The van der Waals surface area contributed by atoms with Gasteiger partial charge in [-0.25, -0.2) is 9.78 Å². The number of aromatic nitrogens is 3. The van der Waals surface area contributed by atoms with Crippen molar-refractivity contribution in [1.29, 1.82) is 0 Å². The third-order valence-corrected chi connectivity index (χ3v) is 3.93. The van der Waals surface area contributed by atoms with E-state index < -0.39 is 12.3 Å². The van der Waals surface area contributed by atoms with Crippen LogP contribution in [0.25, 0.3) is 11.3 Å². The zero-order chi connectivity index (χ0) is 18.0.